The molecule has 0 spiro atoms. The summed E-state index contributed by atoms with van der Waals surface area (Å²) in [5.41, 5.74) is 4.23. The summed E-state index contributed by atoms with van der Waals surface area (Å²) in [6, 6.07) is 2.87. The zero-order valence-corrected chi connectivity index (χ0v) is 12.2. The molecule has 0 aliphatic heterocycles. The molecule has 0 atom stereocenters. The Kier molecular flexibility index (Phi) is 5.22. The van der Waals surface area contributed by atoms with Gasteiger partial charge in [0, 0.05) is 37.1 Å². The van der Waals surface area contributed by atoms with Crippen LogP contribution in [-0.2, 0) is 6.54 Å². The SMILES string of the molecule is CNCCN(C)Cc1cc(C)n(C(C)C)c1C. The summed E-state index contributed by atoms with van der Waals surface area (Å²) in [4.78, 5) is 2.36. The molecule has 98 valence electrons. The standard InChI is InChI=1S/C14H27N3/c1-11(2)17-12(3)9-14(13(17)4)10-16(6)8-7-15-5/h9,11,15H,7-8,10H2,1-6H3. The van der Waals surface area contributed by atoms with E-state index in [1.807, 2.05) is 7.05 Å². The summed E-state index contributed by atoms with van der Waals surface area (Å²) < 4.78 is 2.42. The number of aromatic nitrogens is 1. The maximum absolute atomic E-state index is 3.19. The van der Waals surface area contributed by atoms with Crippen molar-refractivity contribution in [2.24, 2.45) is 0 Å². The van der Waals surface area contributed by atoms with Gasteiger partial charge in [-0.15, -0.1) is 0 Å². The van der Waals surface area contributed by atoms with Crippen LogP contribution >= 0.6 is 0 Å². The molecule has 1 N–H and O–H groups in total. The van der Waals surface area contributed by atoms with E-state index < -0.39 is 0 Å². The van der Waals surface area contributed by atoms with Gasteiger partial charge in [0.1, 0.15) is 0 Å². The molecule has 0 fully saturated rings. The molecule has 17 heavy (non-hydrogen) atoms. The fraction of sp³-hybridized carbons (Fsp3) is 0.714. The van der Waals surface area contributed by atoms with Crippen molar-refractivity contribution >= 4 is 0 Å². The molecule has 0 amide bonds. The van der Waals surface area contributed by atoms with Crippen molar-refractivity contribution in [2.75, 3.05) is 27.2 Å². The van der Waals surface area contributed by atoms with Crippen molar-refractivity contribution in [3.05, 3.63) is 23.0 Å². The summed E-state index contributed by atoms with van der Waals surface area (Å²) in [5.74, 6) is 0. The van der Waals surface area contributed by atoms with Gasteiger partial charge in [-0.3, -0.25) is 0 Å². The van der Waals surface area contributed by atoms with E-state index in [1.165, 1.54) is 17.0 Å². The van der Waals surface area contributed by atoms with Crippen LogP contribution in [0.15, 0.2) is 6.07 Å². The lowest BCUT2D eigenvalue weighted by atomic mass is 10.2. The number of nitrogens with zero attached hydrogens (tertiary/aromatic N) is 2. The van der Waals surface area contributed by atoms with Crippen LogP contribution in [0.5, 0.6) is 0 Å². The van der Waals surface area contributed by atoms with Gasteiger partial charge < -0.3 is 14.8 Å². The molecule has 3 nitrogen and oxygen atoms in total. The van der Waals surface area contributed by atoms with Crippen molar-refractivity contribution in [3.63, 3.8) is 0 Å². The molecular weight excluding hydrogens is 210 g/mol. The topological polar surface area (TPSA) is 20.2 Å². The Labute approximate surface area is 106 Å². The van der Waals surface area contributed by atoms with E-state index in [9.17, 15) is 0 Å². The van der Waals surface area contributed by atoms with Gasteiger partial charge in [0.15, 0.2) is 0 Å². The van der Waals surface area contributed by atoms with Crippen molar-refractivity contribution in [3.8, 4) is 0 Å². The smallest absolute Gasteiger partial charge is 0.0279 e. The van der Waals surface area contributed by atoms with Crippen LogP contribution < -0.4 is 5.32 Å². The first-order chi connectivity index (χ1) is 7.97. The third-order valence-electron chi connectivity index (χ3n) is 3.29. The van der Waals surface area contributed by atoms with Crippen molar-refractivity contribution in [1.29, 1.82) is 0 Å². The van der Waals surface area contributed by atoms with E-state index in [0.717, 1.165) is 19.6 Å². The van der Waals surface area contributed by atoms with Crippen LogP contribution in [0.25, 0.3) is 0 Å². The highest BCUT2D eigenvalue weighted by molar-refractivity contribution is 5.27. The Morgan fingerprint density at radius 1 is 1.35 bits per heavy atom. The van der Waals surface area contributed by atoms with Gasteiger partial charge in [-0.1, -0.05) is 0 Å². The minimum atomic E-state index is 0.548. The van der Waals surface area contributed by atoms with Crippen LogP contribution in [0.1, 0.15) is 36.8 Å². The summed E-state index contributed by atoms with van der Waals surface area (Å²) in [5, 5.41) is 3.19. The van der Waals surface area contributed by atoms with Crippen molar-refractivity contribution < 1.29 is 0 Å². The first kappa shape index (κ1) is 14.3. The molecule has 0 unspecified atom stereocenters. The van der Waals surface area contributed by atoms with E-state index in [1.54, 1.807) is 0 Å². The zero-order valence-electron chi connectivity index (χ0n) is 12.2. The molecule has 0 aromatic carbocycles. The van der Waals surface area contributed by atoms with Gasteiger partial charge in [-0.25, -0.2) is 0 Å². The fourth-order valence-corrected chi connectivity index (χ4v) is 2.47. The average molecular weight is 237 g/mol. The molecule has 0 aliphatic rings. The highest BCUT2D eigenvalue weighted by atomic mass is 15.1. The third kappa shape index (κ3) is 3.58. The second kappa shape index (κ2) is 6.22. The first-order valence-corrected chi connectivity index (χ1v) is 6.47. The van der Waals surface area contributed by atoms with Gasteiger partial charge in [-0.2, -0.15) is 0 Å². The normalized spacial score (nSPS) is 11.8. The van der Waals surface area contributed by atoms with Gasteiger partial charge in [0.25, 0.3) is 0 Å². The molecule has 0 radical (unpaired) electrons. The highest BCUT2D eigenvalue weighted by Gasteiger charge is 2.12. The maximum atomic E-state index is 3.19. The monoisotopic (exact) mass is 237 g/mol. The third-order valence-corrected chi connectivity index (χ3v) is 3.29. The minimum absolute atomic E-state index is 0.548. The Morgan fingerprint density at radius 3 is 2.47 bits per heavy atom. The molecule has 0 saturated heterocycles. The number of aryl methyl sites for hydroxylation is 1. The van der Waals surface area contributed by atoms with Crippen LogP contribution in [-0.4, -0.2) is 36.7 Å². The van der Waals surface area contributed by atoms with E-state index >= 15 is 0 Å². The molecule has 1 rings (SSSR count). The predicted molar refractivity (Wildman–Crippen MR) is 74.6 cm³/mol. The van der Waals surface area contributed by atoms with Crippen molar-refractivity contribution in [2.45, 2.75) is 40.3 Å². The summed E-state index contributed by atoms with van der Waals surface area (Å²) in [7, 11) is 4.18. The quantitative estimate of drug-likeness (QED) is 0.819. The number of hydrogen-bond donors (Lipinski definition) is 1. The number of likely N-dealkylation sites (N-methyl/N-ethyl adjacent to an activating group) is 2. The van der Waals surface area contributed by atoms with E-state index in [-0.39, 0.29) is 0 Å². The molecule has 3 heteroatoms. The van der Waals surface area contributed by atoms with Gasteiger partial charge in [0.05, 0.1) is 0 Å². The Hall–Kier alpha value is -0.800. The highest BCUT2D eigenvalue weighted by Crippen LogP contribution is 2.20. The van der Waals surface area contributed by atoms with E-state index in [2.05, 4.69) is 55.6 Å². The van der Waals surface area contributed by atoms with Crippen LogP contribution in [0.3, 0.4) is 0 Å². The molecule has 0 bridgehead atoms. The summed E-state index contributed by atoms with van der Waals surface area (Å²) in [6.07, 6.45) is 0. The van der Waals surface area contributed by atoms with Gasteiger partial charge >= 0.3 is 0 Å². The Morgan fingerprint density at radius 2 is 2.00 bits per heavy atom. The summed E-state index contributed by atoms with van der Waals surface area (Å²) in [6.45, 7) is 12.1. The lowest BCUT2D eigenvalue weighted by Crippen LogP contribution is -2.27. The number of rotatable bonds is 6. The van der Waals surface area contributed by atoms with Crippen LogP contribution in [0.4, 0.5) is 0 Å². The van der Waals surface area contributed by atoms with E-state index in [0.29, 0.717) is 6.04 Å². The summed E-state index contributed by atoms with van der Waals surface area (Å²) >= 11 is 0. The van der Waals surface area contributed by atoms with Crippen molar-refractivity contribution in [1.82, 2.24) is 14.8 Å². The van der Waals surface area contributed by atoms with Crippen LogP contribution in [0, 0.1) is 13.8 Å². The number of hydrogen-bond acceptors (Lipinski definition) is 2. The molecular formula is C14H27N3. The largest absolute Gasteiger partial charge is 0.346 e. The maximum Gasteiger partial charge on any atom is 0.0279 e. The van der Waals surface area contributed by atoms with Gasteiger partial charge in [-0.05, 0) is 53.4 Å². The Balaban J connectivity index is 2.75. The molecule has 1 aromatic heterocycles. The average Bonchev–Trinajstić information content (AvgIpc) is 2.51. The molecule has 0 aliphatic carbocycles. The second-order valence-corrected chi connectivity index (χ2v) is 5.20. The lowest BCUT2D eigenvalue weighted by Gasteiger charge is -2.17. The Bertz CT molecular complexity index is 353. The van der Waals surface area contributed by atoms with E-state index in [4.69, 9.17) is 0 Å². The molecule has 0 saturated carbocycles. The minimum Gasteiger partial charge on any atom is -0.346 e. The lowest BCUT2D eigenvalue weighted by molar-refractivity contribution is 0.327. The molecule has 1 aromatic rings. The van der Waals surface area contributed by atoms with Crippen LogP contribution in [0.2, 0.25) is 0 Å². The number of nitrogens with one attached hydrogen (secondary N) is 1. The fourth-order valence-electron chi connectivity index (χ4n) is 2.47. The van der Waals surface area contributed by atoms with Gasteiger partial charge in [0.2, 0.25) is 0 Å². The second-order valence-electron chi connectivity index (χ2n) is 5.20. The molecule has 1 heterocycles. The first-order valence-electron chi connectivity index (χ1n) is 6.47. The predicted octanol–water partition coefficient (Wildman–Crippen LogP) is 2.34. The zero-order chi connectivity index (χ0) is 13.0.